The fourth-order valence-corrected chi connectivity index (χ4v) is 2.71. The van der Waals surface area contributed by atoms with E-state index in [0.29, 0.717) is 33.8 Å². The topological polar surface area (TPSA) is 34.4 Å². The molecule has 0 aliphatic heterocycles. The SMILES string of the molecule is CCNCc1oc2c(Cl)cc(Cl)c(Cl)c2c1COC. The number of halogens is 3. The standard InChI is InChI=1S/C13H14Cl3NO2/c1-3-17-5-10-7(6-18-2)11-12(16)8(14)4-9(15)13(11)19-10/h4,17H,3,5-6H2,1-2H3. The fourth-order valence-electron chi connectivity index (χ4n) is 1.95. The van der Waals surface area contributed by atoms with Gasteiger partial charge in [0.2, 0.25) is 0 Å². The first-order chi connectivity index (χ1) is 9.10. The Morgan fingerprint density at radius 3 is 2.63 bits per heavy atom. The van der Waals surface area contributed by atoms with Gasteiger partial charge in [-0.1, -0.05) is 41.7 Å². The molecule has 0 aliphatic carbocycles. The summed E-state index contributed by atoms with van der Waals surface area (Å²) in [6.45, 7) is 3.85. The molecule has 0 aliphatic rings. The zero-order chi connectivity index (χ0) is 14.0. The molecule has 0 radical (unpaired) electrons. The summed E-state index contributed by atoms with van der Waals surface area (Å²) in [6, 6.07) is 1.59. The Balaban J connectivity index is 2.66. The molecule has 1 N–H and O–H groups in total. The van der Waals surface area contributed by atoms with Crippen LogP contribution in [0, 0.1) is 0 Å². The smallest absolute Gasteiger partial charge is 0.154 e. The highest BCUT2D eigenvalue weighted by atomic mass is 35.5. The van der Waals surface area contributed by atoms with Gasteiger partial charge in [-0.15, -0.1) is 0 Å². The summed E-state index contributed by atoms with van der Waals surface area (Å²) < 4.78 is 11.0. The van der Waals surface area contributed by atoms with Gasteiger partial charge in [0, 0.05) is 18.1 Å². The molecule has 1 aromatic carbocycles. The number of rotatable bonds is 5. The van der Waals surface area contributed by atoms with Crippen molar-refractivity contribution in [1.82, 2.24) is 5.32 Å². The van der Waals surface area contributed by atoms with Crippen molar-refractivity contribution in [3.05, 3.63) is 32.5 Å². The van der Waals surface area contributed by atoms with Crippen LogP contribution in [-0.2, 0) is 17.9 Å². The van der Waals surface area contributed by atoms with Gasteiger partial charge < -0.3 is 14.5 Å². The van der Waals surface area contributed by atoms with Crippen molar-refractivity contribution in [3.63, 3.8) is 0 Å². The van der Waals surface area contributed by atoms with E-state index in [4.69, 9.17) is 44.0 Å². The second-order valence-corrected chi connectivity index (χ2v) is 5.27. The van der Waals surface area contributed by atoms with Crippen LogP contribution in [0.3, 0.4) is 0 Å². The quantitative estimate of drug-likeness (QED) is 0.814. The van der Waals surface area contributed by atoms with Crippen molar-refractivity contribution in [1.29, 1.82) is 0 Å². The van der Waals surface area contributed by atoms with Crippen LogP contribution >= 0.6 is 34.8 Å². The maximum Gasteiger partial charge on any atom is 0.154 e. The molecule has 2 rings (SSSR count). The number of furan rings is 1. The van der Waals surface area contributed by atoms with E-state index in [0.717, 1.165) is 23.3 Å². The first kappa shape index (κ1) is 14.9. The van der Waals surface area contributed by atoms with Gasteiger partial charge in [0.05, 0.1) is 28.2 Å². The first-order valence-corrected chi connectivity index (χ1v) is 7.00. The third-order valence-corrected chi connectivity index (χ3v) is 3.88. The van der Waals surface area contributed by atoms with Crippen molar-refractivity contribution >= 4 is 45.8 Å². The number of benzene rings is 1. The molecule has 2 aromatic rings. The average Bonchev–Trinajstić information content (AvgIpc) is 2.74. The van der Waals surface area contributed by atoms with E-state index in [1.54, 1.807) is 13.2 Å². The molecule has 104 valence electrons. The summed E-state index contributed by atoms with van der Waals surface area (Å²) in [7, 11) is 1.62. The van der Waals surface area contributed by atoms with E-state index in [1.807, 2.05) is 6.92 Å². The summed E-state index contributed by atoms with van der Waals surface area (Å²) in [4.78, 5) is 0. The molecule has 0 atom stereocenters. The third-order valence-electron chi connectivity index (χ3n) is 2.81. The van der Waals surface area contributed by atoms with E-state index in [2.05, 4.69) is 5.32 Å². The van der Waals surface area contributed by atoms with Gasteiger partial charge in [-0.25, -0.2) is 0 Å². The minimum atomic E-state index is 0.393. The van der Waals surface area contributed by atoms with Crippen LogP contribution in [0.25, 0.3) is 11.0 Å². The molecule has 0 saturated carbocycles. The lowest BCUT2D eigenvalue weighted by molar-refractivity contribution is 0.183. The van der Waals surface area contributed by atoms with Crippen LogP contribution in [0.5, 0.6) is 0 Å². The monoisotopic (exact) mass is 321 g/mol. The van der Waals surface area contributed by atoms with Crippen LogP contribution < -0.4 is 5.32 Å². The number of nitrogens with one attached hydrogen (secondary N) is 1. The van der Waals surface area contributed by atoms with Crippen molar-refractivity contribution in [2.75, 3.05) is 13.7 Å². The third kappa shape index (κ3) is 2.86. The van der Waals surface area contributed by atoms with Crippen molar-refractivity contribution in [3.8, 4) is 0 Å². The average molecular weight is 323 g/mol. The van der Waals surface area contributed by atoms with E-state index in [1.165, 1.54) is 0 Å². The minimum absolute atomic E-state index is 0.393. The summed E-state index contributed by atoms with van der Waals surface area (Å²) in [5.74, 6) is 0.768. The Kier molecular flexibility index (Phi) is 4.98. The van der Waals surface area contributed by atoms with Crippen molar-refractivity contribution < 1.29 is 9.15 Å². The fraction of sp³-hybridized carbons (Fsp3) is 0.385. The molecule has 0 fully saturated rings. The maximum absolute atomic E-state index is 6.26. The van der Waals surface area contributed by atoms with Gasteiger partial charge in [0.1, 0.15) is 5.76 Å². The summed E-state index contributed by atoms with van der Waals surface area (Å²) >= 11 is 18.5. The highest BCUT2D eigenvalue weighted by Crippen LogP contribution is 2.40. The summed E-state index contributed by atoms with van der Waals surface area (Å²) in [5, 5.41) is 5.24. The predicted octanol–water partition coefficient (Wildman–Crippen LogP) is 4.65. The Morgan fingerprint density at radius 1 is 1.26 bits per heavy atom. The second-order valence-electron chi connectivity index (χ2n) is 4.08. The molecule has 0 amide bonds. The van der Waals surface area contributed by atoms with Crippen LogP contribution in [-0.4, -0.2) is 13.7 Å². The van der Waals surface area contributed by atoms with E-state index < -0.39 is 0 Å². The molecule has 6 heteroatoms. The number of hydrogen-bond donors (Lipinski definition) is 1. The van der Waals surface area contributed by atoms with Gasteiger partial charge in [-0.05, 0) is 12.6 Å². The number of fused-ring (bicyclic) bond motifs is 1. The van der Waals surface area contributed by atoms with E-state index >= 15 is 0 Å². The summed E-state index contributed by atoms with van der Waals surface area (Å²) in [6.07, 6.45) is 0. The summed E-state index contributed by atoms with van der Waals surface area (Å²) in [5.41, 5.74) is 1.43. The maximum atomic E-state index is 6.26. The second kappa shape index (κ2) is 6.33. The lowest BCUT2D eigenvalue weighted by atomic mass is 10.1. The normalized spacial score (nSPS) is 11.4. The Bertz CT molecular complexity index is 595. The molecule has 0 saturated heterocycles. The van der Waals surface area contributed by atoms with E-state index in [9.17, 15) is 0 Å². The first-order valence-electron chi connectivity index (χ1n) is 5.87. The van der Waals surface area contributed by atoms with Gasteiger partial charge >= 0.3 is 0 Å². The largest absolute Gasteiger partial charge is 0.458 e. The van der Waals surface area contributed by atoms with Gasteiger partial charge in [0.25, 0.3) is 0 Å². The zero-order valence-electron chi connectivity index (χ0n) is 10.6. The van der Waals surface area contributed by atoms with Crippen LogP contribution in [0.1, 0.15) is 18.2 Å². The molecule has 19 heavy (non-hydrogen) atoms. The molecule has 0 spiro atoms. The van der Waals surface area contributed by atoms with Gasteiger partial charge in [-0.2, -0.15) is 0 Å². The number of ether oxygens (including phenoxy) is 1. The van der Waals surface area contributed by atoms with Gasteiger partial charge in [-0.3, -0.25) is 0 Å². The molecule has 1 heterocycles. The Labute approximate surface area is 126 Å². The molecule has 0 unspecified atom stereocenters. The molecule has 0 bridgehead atoms. The van der Waals surface area contributed by atoms with Gasteiger partial charge in [0.15, 0.2) is 5.58 Å². The minimum Gasteiger partial charge on any atom is -0.458 e. The van der Waals surface area contributed by atoms with Crippen molar-refractivity contribution in [2.45, 2.75) is 20.1 Å². The zero-order valence-corrected chi connectivity index (χ0v) is 12.9. The lowest BCUT2D eigenvalue weighted by Crippen LogP contribution is -2.12. The molecular formula is C13H14Cl3NO2. The van der Waals surface area contributed by atoms with Crippen LogP contribution in [0.4, 0.5) is 0 Å². The number of methoxy groups -OCH3 is 1. The number of hydrogen-bond acceptors (Lipinski definition) is 3. The molecular weight excluding hydrogens is 309 g/mol. The Hall–Kier alpha value is -0.450. The van der Waals surface area contributed by atoms with E-state index in [-0.39, 0.29) is 0 Å². The lowest BCUT2D eigenvalue weighted by Gasteiger charge is -2.04. The van der Waals surface area contributed by atoms with Crippen LogP contribution in [0.15, 0.2) is 10.5 Å². The molecule has 3 nitrogen and oxygen atoms in total. The highest BCUT2D eigenvalue weighted by molar-refractivity contribution is 6.47. The molecule has 1 aromatic heterocycles. The van der Waals surface area contributed by atoms with Crippen molar-refractivity contribution in [2.24, 2.45) is 0 Å². The Morgan fingerprint density at radius 2 is 2.00 bits per heavy atom. The van der Waals surface area contributed by atoms with Crippen LogP contribution in [0.2, 0.25) is 15.1 Å². The highest BCUT2D eigenvalue weighted by Gasteiger charge is 2.20. The predicted molar refractivity (Wildman–Crippen MR) is 79.3 cm³/mol.